The van der Waals surface area contributed by atoms with Crippen LogP contribution in [0.5, 0.6) is 0 Å². The van der Waals surface area contributed by atoms with Gasteiger partial charge in [-0.25, -0.2) is 0 Å². The molecule has 2 heterocycles. The zero-order valence-corrected chi connectivity index (χ0v) is 14.5. The number of nitrogens with one attached hydrogen (secondary N) is 2. The van der Waals surface area contributed by atoms with Gasteiger partial charge in [-0.15, -0.1) is 0 Å². The molecular weight excluding hydrogens is 302 g/mol. The third-order valence-electron chi connectivity index (χ3n) is 5.07. The Morgan fingerprint density at radius 1 is 1.42 bits per heavy atom. The largest absolute Gasteiger partial charge is 0.373 e. The Bertz CT molecular complexity index is 517. The molecule has 0 aliphatic carbocycles. The Morgan fingerprint density at radius 3 is 2.96 bits per heavy atom. The van der Waals surface area contributed by atoms with Crippen molar-refractivity contribution in [3.8, 4) is 0 Å². The van der Waals surface area contributed by atoms with Gasteiger partial charge in [0.2, 0.25) is 5.91 Å². The van der Waals surface area contributed by atoms with Crippen molar-refractivity contribution < 1.29 is 9.53 Å². The van der Waals surface area contributed by atoms with Gasteiger partial charge < -0.3 is 15.4 Å². The standard InChI is InChI=1S/C19H29N3O2/c1-2-17(21-19(23)16-8-9-20-12-16)18-14-22(10-11-24-18)13-15-6-4-3-5-7-15/h3-7,16-18,20H,2,8-14H2,1H3,(H,21,23). The van der Waals surface area contributed by atoms with Crippen LogP contribution in [0.25, 0.3) is 0 Å². The van der Waals surface area contributed by atoms with E-state index in [0.717, 1.165) is 52.2 Å². The van der Waals surface area contributed by atoms with Crippen LogP contribution < -0.4 is 10.6 Å². The molecule has 3 unspecified atom stereocenters. The van der Waals surface area contributed by atoms with Crippen molar-refractivity contribution in [2.75, 3.05) is 32.8 Å². The molecule has 24 heavy (non-hydrogen) atoms. The average molecular weight is 331 g/mol. The van der Waals surface area contributed by atoms with E-state index in [9.17, 15) is 4.79 Å². The Balaban J connectivity index is 1.54. The lowest BCUT2D eigenvalue weighted by atomic mass is 10.0. The van der Waals surface area contributed by atoms with Crippen molar-refractivity contribution in [1.82, 2.24) is 15.5 Å². The number of hydrogen-bond donors (Lipinski definition) is 2. The first kappa shape index (κ1) is 17.4. The third kappa shape index (κ3) is 4.56. The molecule has 0 bridgehead atoms. The summed E-state index contributed by atoms with van der Waals surface area (Å²) >= 11 is 0. The number of carbonyl (C=O) groups excluding carboxylic acids is 1. The van der Waals surface area contributed by atoms with E-state index in [2.05, 4.69) is 46.7 Å². The van der Waals surface area contributed by atoms with Gasteiger partial charge in [-0.3, -0.25) is 9.69 Å². The number of benzene rings is 1. The highest BCUT2D eigenvalue weighted by molar-refractivity contribution is 5.79. The van der Waals surface area contributed by atoms with E-state index in [4.69, 9.17) is 4.74 Å². The van der Waals surface area contributed by atoms with Crippen LogP contribution >= 0.6 is 0 Å². The van der Waals surface area contributed by atoms with Crippen LogP contribution in [0.2, 0.25) is 0 Å². The van der Waals surface area contributed by atoms with Crippen molar-refractivity contribution in [2.45, 2.75) is 38.5 Å². The van der Waals surface area contributed by atoms with Crippen LogP contribution in [-0.2, 0) is 16.1 Å². The highest BCUT2D eigenvalue weighted by atomic mass is 16.5. The van der Waals surface area contributed by atoms with E-state index in [0.29, 0.717) is 0 Å². The average Bonchev–Trinajstić information content (AvgIpc) is 3.15. The highest BCUT2D eigenvalue weighted by Gasteiger charge is 2.31. The molecule has 132 valence electrons. The molecule has 3 atom stereocenters. The Hall–Kier alpha value is -1.43. The van der Waals surface area contributed by atoms with Gasteiger partial charge in [0.25, 0.3) is 0 Å². The van der Waals surface area contributed by atoms with E-state index in [1.807, 2.05) is 6.07 Å². The summed E-state index contributed by atoms with van der Waals surface area (Å²) in [6.45, 7) is 7.36. The Morgan fingerprint density at radius 2 is 2.25 bits per heavy atom. The number of rotatable bonds is 6. The number of morpholine rings is 1. The number of amides is 1. The molecule has 5 heteroatoms. The number of nitrogens with zero attached hydrogens (tertiary/aromatic N) is 1. The summed E-state index contributed by atoms with van der Waals surface area (Å²) in [7, 11) is 0. The molecule has 0 aromatic heterocycles. The maximum Gasteiger partial charge on any atom is 0.224 e. The molecule has 2 fully saturated rings. The fourth-order valence-electron chi connectivity index (χ4n) is 3.60. The molecular formula is C19H29N3O2. The first-order valence-electron chi connectivity index (χ1n) is 9.15. The molecule has 0 saturated carbocycles. The monoisotopic (exact) mass is 331 g/mol. The number of carbonyl (C=O) groups is 1. The van der Waals surface area contributed by atoms with E-state index in [1.54, 1.807) is 0 Å². The maximum atomic E-state index is 12.4. The Labute approximate surface area is 144 Å². The number of ether oxygens (including phenoxy) is 1. The molecule has 3 rings (SSSR count). The second-order valence-corrected chi connectivity index (χ2v) is 6.84. The predicted octanol–water partition coefficient (Wildman–Crippen LogP) is 1.39. The van der Waals surface area contributed by atoms with Gasteiger partial charge in [0, 0.05) is 26.2 Å². The molecule has 2 saturated heterocycles. The van der Waals surface area contributed by atoms with Gasteiger partial charge in [0.05, 0.1) is 24.7 Å². The second-order valence-electron chi connectivity index (χ2n) is 6.84. The summed E-state index contributed by atoms with van der Waals surface area (Å²) in [4.78, 5) is 14.8. The minimum absolute atomic E-state index is 0.0748. The van der Waals surface area contributed by atoms with Crippen molar-refractivity contribution in [1.29, 1.82) is 0 Å². The van der Waals surface area contributed by atoms with Crippen molar-refractivity contribution in [2.24, 2.45) is 5.92 Å². The summed E-state index contributed by atoms with van der Waals surface area (Å²) in [6, 6.07) is 10.6. The zero-order chi connectivity index (χ0) is 16.8. The van der Waals surface area contributed by atoms with Crippen molar-refractivity contribution >= 4 is 5.91 Å². The topological polar surface area (TPSA) is 53.6 Å². The van der Waals surface area contributed by atoms with Crippen LogP contribution in [0.1, 0.15) is 25.3 Å². The minimum atomic E-state index is 0.0748. The lowest BCUT2D eigenvalue weighted by molar-refractivity contribution is -0.127. The molecule has 1 aromatic rings. The molecule has 2 N–H and O–H groups in total. The van der Waals surface area contributed by atoms with Gasteiger partial charge in [-0.1, -0.05) is 37.3 Å². The fraction of sp³-hybridized carbons (Fsp3) is 0.632. The lowest BCUT2D eigenvalue weighted by Gasteiger charge is -2.37. The first-order chi connectivity index (χ1) is 11.8. The van der Waals surface area contributed by atoms with Crippen LogP contribution in [-0.4, -0.2) is 55.7 Å². The first-order valence-corrected chi connectivity index (χ1v) is 9.15. The van der Waals surface area contributed by atoms with Crippen LogP contribution in [0.3, 0.4) is 0 Å². The third-order valence-corrected chi connectivity index (χ3v) is 5.07. The lowest BCUT2D eigenvalue weighted by Crippen LogP contribution is -2.54. The van der Waals surface area contributed by atoms with E-state index >= 15 is 0 Å². The molecule has 2 aliphatic rings. The molecule has 2 aliphatic heterocycles. The molecule has 1 aromatic carbocycles. The summed E-state index contributed by atoms with van der Waals surface area (Å²) in [5.41, 5.74) is 1.33. The fourth-order valence-corrected chi connectivity index (χ4v) is 3.60. The normalized spacial score (nSPS) is 26.2. The predicted molar refractivity (Wildman–Crippen MR) is 94.7 cm³/mol. The van der Waals surface area contributed by atoms with E-state index in [-0.39, 0.29) is 24.0 Å². The quantitative estimate of drug-likeness (QED) is 0.827. The molecule has 0 spiro atoms. The van der Waals surface area contributed by atoms with Gasteiger partial charge in [0.1, 0.15) is 0 Å². The molecule has 5 nitrogen and oxygen atoms in total. The van der Waals surface area contributed by atoms with Gasteiger partial charge in [0.15, 0.2) is 0 Å². The number of hydrogen-bond acceptors (Lipinski definition) is 4. The summed E-state index contributed by atoms with van der Waals surface area (Å²) in [5.74, 6) is 0.290. The van der Waals surface area contributed by atoms with E-state index < -0.39 is 0 Å². The van der Waals surface area contributed by atoms with Gasteiger partial charge in [-0.05, 0) is 24.9 Å². The zero-order valence-electron chi connectivity index (χ0n) is 14.5. The second kappa shape index (κ2) is 8.60. The van der Waals surface area contributed by atoms with Gasteiger partial charge in [-0.2, -0.15) is 0 Å². The van der Waals surface area contributed by atoms with Crippen LogP contribution in [0.15, 0.2) is 30.3 Å². The summed E-state index contributed by atoms with van der Waals surface area (Å²) in [6.07, 6.45) is 1.91. The summed E-state index contributed by atoms with van der Waals surface area (Å²) in [5, 5.41) is 6.49. The Kier molecular flexibility index (Phi) is 6.24. The molecule has 1 amide bonds. The van der Waals surface area contributed by atoms with Crippen LogP contribution in [0, 0.1) is 5.92 Å². The van der Waals surface area contributed by atoms with Crippen molar-refractivity contribution in [3.05, 3.63) is 35.9 Å². The van der Waals surface area contributed by atoms with E-state index in [1.165, 1.54) is 5.56 Å². The smallest absolute Gasteiger partial charge is 0.224 e. The van der Waals surface area contributed by atoms with Crippen molar-refractivity contribution in [3.63, 3.8) is 0 Å². The van der Waals surface area contributed by atoms with Crippen LogP contribution in [0.4, 0.5) is 0 Å². The SMILES string of the molecule is CCC(NC(=O)C1CCNC1)C1CN(Cc2ccccc2)CCO1. The minimum Gasteiger partial charge on any atom is -0.373 e. The maximum absolute atomic E-state index is 12.4. The van der Waals surface area contributed by atoms with Gasteiger partial charge >= 0.3 is 0 Å². The summed E-state index contributed by atoms with van der Waals surface area (Å²) < 4.78 is 5.99. The highest BCUT2D eigenvalue weighted by Crippen LogP contribution is 2.16. The molecule has 0 radical (unpaired) electrons.